The van der Waals surface area contributed by atoms with Crippen LogP contribution in [0, 0.1) is 11.6 Å². The van der Waals surface area contributed by atoms with E-state index in [2.05, 4.69) is 15.3 Å². The molecule has 4 aromatic rings. The van der Waals surface area contributed by atoms with Crippen molar-refractivity contribution in [3.05, 3.63) is 94.7 Å². The molecule has 0 bridgehead atoms. The van der Waals surface area contributed by atoms with Gasteiger partial charge in [0, 0.05) is 37.5 Å². The molecule has 1 unspecified atom stereocenters. The number of carbonyl (C=O) groups excluding carboxylic acids is 3. The molecule has 52 heavy (non-hydrogen) atoms. The van der Waals surface area contributed by atoms with E-state index in [4.69, 9.17) is 14.2 Å². The van der Waals surface area contributed by atoms with E-state index in [0.29, 0.717) is 34.9 Å². The summed E-state index contributed by atoms with van der Waals surface area (Å²) in [4.78, 5) is 54.4. The summed E-state index contributed by atoms with van der Waals surface area (Å²) in [6.45, 7) is 7.74. The summed E-state index contributed by atoms with van der Waals surface area (Å²) < 4.78 is 46.5. The van der Waals surface area contributed by atoms with Crippen molar-refractivity contribution in [3.8, 4) is 22.9 Å². The molecule has 0 aliphatic carbocycles. The van der Waals surface area contributed by atoms with E-state index in [1.54, 1.807) is 89.2 Å². The summed E-state index contributed by atoms with van der Waals surface area (Å²) in [5.74, 6) is -1.49. The average Bonchev–Trinajstić information content (AvgIpc) is 3.41. The van der Waals surface area contributed by atoms with E-state index in [0.717, 1.165) is 12.1 Å². The second kappa shape index (κ2) is 13.7. The van der Waals surface area contributed by atoms with E-state index < -0.39 is 40.3 Å². The molecule has 14 heteroatoms. The highest BCUT2D eigenvalue weighted by Gasteiger charge is 2.49. The SMILES string of the molecule is COc1ccc(CN2Cc3nc(-c4c(F)cccc4F)nc(Nc4ccc(C5(C)C(=O)N(C)CCN5C(=O)OC(C)(C)C)cc4)c3C2=O)c(OC)c1. The zero-order valence-corrected chi connectivity index (χ0v) is 30.0. The molecular formula is C38H40F2N6O6. The maximum absolute atomic E-state index is 15.0. The van der Waals surface area contributed by atoms with Crippen molar-refractivity contribution in [2.45, 2.75) is 51.9 Å². The maximum atomic E-state index is 15.0. The van der Waals surface area contributed by atoms with Crippen LogP contribution in [0.5, 0.6) is 11.5 Å². The van der Waals surface area contributed by atoms with Gasteiger partial charge in [-0.2, -0.15) is 0 Å². The number of hydrogen-bond acceptors (Lipinski definition) is 9. The number of amides is 3. The number of aromatic nitrogens is 2. The van der Waals surface area contributed by atoms with Crippen LogP contribution in [0.15, 0.2) is 60.7 Å². The monoisotopic (exact) mass is 714 g/mol. The van der Waals surface area contributed by atoms with Gasteiger partial charge in [-0.05, 0) is 69.7 Å². The Morgan fingerprint density at radius 1 is 0.942 bits per heavy atom. The molecule has 272 valence electrons. The summed E-state index contributed by atoms with van der Waals surface area (Å²) in [7, 11) is 4.74. The molecule has 3 aromatic carbocycles. The predicted molar refractivity (Wildman–Crippen MR) is 188 cm³/mol. The van der Waals surface area contributed by atoms with Gasteiger partial charge in [0.2, 0.25) is 0 Å². The van der Waals surface area contributed by atoms with Crippen LogP contribution in [-0.4, -0.2) is 82.5 Å². The lowest BCUT2D eigenvalue weighted by molar-refractivity contribution is -0.148. The average molecular weight is 715 g/mol. The summed E-state index contributed by atoms with van der Waals surface area (Å²) in [6, 6.07) is 15.5. The number of methoxy groups -OCH3 is 2. The second-order valence-electron chi connectivity index (χ2n) is 13.8. The molecular weight excluding hydrogens is 674 g/mol. The molecule has 0 radical (unpaired) electrons. The number of ether oxygens (including phenoxy) is 3. The van der Waals surface area contributed by atoms with Gasteiger partial charge in [-0.25, -0.2) is 23.5 Å². The highest BCUT2D eigenvalue weighted by Crippen LogP contribution is 2.38. The van der Waals surface area contributed by atoms with Gasteiger partial charge in [-0.1, -0.05) is 18.2 Å². The van der Waals surface area contributed by atoms with Gasteiger partial charge in [-0.3, -0.25) is 14.5 Å². The standard InChI is InChI=1S/C38H40F2N6O6/c1-37(2,3)52-36(49)46-18-17-44(5)35(48)38(46,4)23-12-14-24(15-13-23)41-33-31-28(42-32(43-33)30-26(39)9-8-10-27(30)40)21-45(34(31)47)20-22-11-16-25(50-6)19-29(22)51-7/h8-16,19H,17-18,20-21H2,1-7H3,(H,41,42,43). The topological polar surface area (TPSA) is 126 Å². The Kier molecular flexibility index (Phi) is 9.51. The molecule has 1 N–H and O–H groups in total. The van der Waals surface area contributed by atoms with E-state index in [1.807, 2.05) is 0 Å². The maximum Gasteiger partial charge on any atom is 0.411 e. The molecule has 3 amide bonds. The van der Waals surface area contributed by atoms with E-state index >= 15 is 8.78 Å². The highest BCUT2D eigenvalue weighted by atomic mass is 19.1. The summed E-state index contributed by atoms with van der Waals surface area (Å²) in [5, 5.41) is 3.15. The largest absolute Gasteiger partial charge is 0.497 e. The van der Waals surface area contributed by atoms with Gasteiger partial charge in [-0.15, -0.1) is 0 Å². The number of fused-ring (bicyclic) bond motifs is 1. The fraction of sp³-hybridized carbons (Fsp3) is 0.342. The van der Waals surface area contributed by atoms with Crippen molar-refractivity contribution < 1.29 is 37.4 Å². The van der Waals surface area contributed by atoms with Gasteiger partial charge in [0.1, 0.15) is 45.7 Å². The van der Waals surface area contributed by atoms with Gasteiger partial charge < -0.3 is 29.3 Å². The van der Waals surface area contributed by atoms with Crippen LogP contribution in [0.25, 0.3) is 11.4 Å². The van der Waals surface area contributed by atoms with Crippen LogP contribution in [0.4, 0.5) is 25.1 Å². The molecule has 1 atom stereocenters. The molecule has 1 fully saturated rings. The van der Waals surface area contributed by atoms with Gasteiger partial charge in [0.05, 0.1) is 38.6 Å². The van der Waals surface area contributed by atoms with Crippen LogP contribution in [0.2, 0.25) is 0 Å². The third kappa shape index (κ3) is 6.67. The minimum atomic E-state index is -1.38. The number of hydrogen-bond donors (Lipinski definition) is 1. The summed E-state index contributed by atoms with van der Waals surface area (Å²) in [5.41, 5.74) is -0.465. The van der Waals surface area contributed by atoms with Gasteiger partial charge >= 0.3 is 6.09 Å². The molecule has 2 aliphatic rings. The van der Waals surface area contributed by atoms with Crippen molar-refractivity contribution in [1.82, 2.24) is 24.7 Å². The van der Waals surface area contributed by atoms with Crippen LogP contribution < -0.4 is 14.8 Å². The number of likely N-dealkylation sites (N-methyl/N-ethyl adjacent to an activating group) is 1. The lowest BCUT2D eigenvalue weighted by Crippen LogP contribution is -2.63. The lowest BCUT2D eigenvalue weighted by Gasteiger charge is -2.46. The van der Waals surface area contributed by atoms with Crippen molar-refractivity contribution in [2.75, 3.05) is 39.7 Å². The van der Waals surface area contributed by atoms with Crippen molar-refractivity contribution >= 4 is 29.4 Å². The van der Waals surface area contributed by atoms with Gasteiger partial charge in [0.25, 0.3) is 11.8 Å². The minimum Gasteiger partial charge on any atom is -0.497 e. The Hall–Kier alpha value is -5.79. The predicted octanol–water partition coefficient (Wildman–Crippen LogP) is 6.26. The normalized spacial score (nSPS) is 17.3. The first-order chi connectivity index (χ1) is 24.6. The summed E-state index contributed by atoms with van der Waals surface area (Å²) >= 11 is 0. The van der Waals surface area contributed by atoms with Crippen LogP contribution in [0.1, 0.15) is 54.9 Å². The number of halogens is 2. The molecule has 0 saturated carbocycles. The first-order valence-corrected chi connectivity index (χ1v) is 16.6. The Morgan fingerprint density at radius 3 is 2.27 bits per heavy atom. The number of carbonyl (C=O) groups is 3. The molecule has 3 heterocycles. The Bertz CT molecular complexity index is 2030. The minimum absolute atomic E-state index is 0.0387. The number of anilines is 2. The first kappa shape index (κ1) is 36.0. The van der Waals surface area contributed by atoms with E-state index in [1.165, 1.54) is 23.0 Å². The fourth-order valence-electron chi connectivity index (χ4n) is 6.43. The fourth-order valence-corrected chi connectivity index (χ4v) is 6.43. The molecule has 6 rings (SSSR count). The van der Waals surface area contributed by atoms with Crippen molar-refractivity contribution in [2.24, 2.45) is 0 Å². The Balaban J connectivity index is 1.36. The lowest BCUT2D eigenvalue weighted by atomic mass is 9.86. The highest BCUT2D eigenvalue weighted by molar-refractivity contribution is 6.03. The number of nitrogens with one attached hydrogen (secondary N) is 1. The first-order valence-electron chi connectivity index (χ1n) is 16.6. The number of rotatable bonds is 8. The second-order valence-corrected chi connectivity index (χ2v) is 13.8. The van der Waals surface area contributed by atoms with Crippen molar-refractivity contribution in [3.63, 3.8) is 0 Å². The number of benzene rings is 3. The third-order valence-corrected chi connectivity index (χ3v) is 9.15. The van der Waals surface area contributed by atoms with Crippen LogP contribution in [0.3, 0.4) is 0 Å². The molecule has 2 aliphatic heterocycles. The van der Waals surface area contributed by atoms with Crippen LogP contribution in [-0.2, 0) is 28.2 Å². The molecule has 1 aromatic heterocycles. The van der Waals surface area contributed by atoms with Crippen molar-refractivity contribution in [1.29, 1.82) is 0 Å². The third-order valence-electron chi connectivity index (χ3n) is 9.15. The zero-order chi connectivity index (χ0) is 37.5. The zero-order valence-electron chi connectivity index (χ0n) is 30.0. The molecule has 1 saturated heterocycles. The summed E-state index contributed by atoms with van der Waals surface area (Å²) in [6.07, 6.45) is -0.613. The Labute approximate surface area is 300 Å². The quantitative estimate of drug-likeness (QED) is 0.225. The van der Waals surface area contributed by atoms with Crippen LogP contribution >= 0.6 is 0 Å². The number of nitrogens with zero attached hydrogens (tertiary/aromatic N) is 5. The number of piperazine rings is 1. The van der Waals surface area contributed by atoms with Gasteiger partial charge in [0.15, 0.2) is 5.82 Å². The molecule has 12 nitrogen and oxygen atoms in total. The van der Waals surface area contributed by atoms with E-state index in [-0.39, 0.29) is 48.4 Å². The van der Waals surface area contributed by atoms with E-state index in [9.17, 15) is 14.4 Å². The smallest absolute Gasteiger partial charge is 0.411 e. The molecule has 0 spiro atoms. The Morgan fingerprint density at radius 2 is 1.63 bits per heavy atom.